The van der Waals surface area contributed by atoms with Gasteiger partial charge in [0.15, 0.2) is 0 Å². The third-order valence-corrected chi connectivity index (χ3v) is 4.09. The highest BCUT2D eigenvalue weighted by Gasteiger charge is 2.34. The van der Waals surface area contributed by atoms with Crippen LogP contribution in [0, 0.1) is 11.2 Å². The second-order valence-electron chi connectivity index (χ2n) is 4.63. The van der Waals surface area contributed by atoms with E-state index >= 15 is 0 Å². The van der Waals surface area contributed by atoms with Gasteiger partial charge >= 0.3 is 5.97 Å². The molecule has 3 nitrogen and oxygen atoms in total. The van der Waals surface area contributed by atoms with Gasteiger partial charge in [-0.15, -0.1) is 0 Å². The van der Waals surface area contributed by atoms with Crippen molar-refractivity contribution in [2.24, 2.45) is 5.41 Å². The molecule has 0 saturated heterocycles. The highest BCUT2D eigenvalue weighted by Crippen LogP contribution is 2.26. The lowest BCUT2D eigenvalue weighted by Crippen LogP contribution is -2.40. The molecule has 0 amide bonds. The summed E-state index contributed by atoms with van der Waals surface area (Å²) >= 11 is 3.29. The van der Waals surface area contributed by atoms with E-state index in [1.54, 1.807) is 12.1 Å². The van der Waals surface area contributed by atoms with E-state index in [0.717, 1.165) is 4.47 Å². The van der Waals surface area contributed by atoms with E-state index in [4.69, 9.17) is 0 Å². The summed E-state index contributed by atoms with van der Waals surface area (Å²) in [6.07, 6.45) is 1.10. The van der Waals surface area contributed by atoms with Crippen LogP contribution in [-0.4, -0.2) is 17.6 Å². The summed E-state index contributed by atoms with van der Waals surface area (Å²) in [4.78, 5) is 11.3. The monoisotopic (exact) mass is 331 g/mol. The van der Waals surface area contributed by atoms with Gasteiger partial charge in [-0.25, -0.2) is 4.39 Å². The van der Waals surface area contributed by atoms with Crippen molar-refractivity contribution in [3.63, 3.8) is 0 Å². The summed E-state index contributed by atoms with van der Waals surface area (Å²) in [7, 11) is 0. The first-order chi connectivity index (χ1) is 8.95. The maximum Gasteiger partial charge on any atom is 0.310 e. The number of nitrogens with one attached hydrogen (secondary N) is 1. The van der Waals surface area contributed by atoms with Gasteiger partial charge in [0, 0.05) is 23.1 Å². The highest BCUT2D eigenvalue weighted by molar-refractivity contribution is 9.10. The molecule has 0 bridgehead atoms. The zero-order valence-electron chi connectivity index (χ0n) is 11.2. The van der Waals surface area contributed by atoms with Crippen LogP contribution in [0.5, 0.6) is 0 Å². The van der Waals surface area contributed by atoms with E-state index in [0.29, 0.717) is 31.5 Å². The standard InChI is InChI=1S/C14H19BrFNO2/c1-3-14(4-2,13(18)19)9-17-8-10-7-11(15)5-6-12(10)16/h5-7,17H,3-4,8-9H2,1-2H3,(H,18,19). The Morgan fingerprint density at radius 1 is 1.42 bits per heavy atom. The Bertz CT molecular complexity index is 447. The van der Waals surface area contributed by atoms with Crippen molar-refractivity contribution in [3.05, 3.63) is 34.1 Å². The quantitative estimate of drug-likeness (QED) is 0.803. The molecule has 0 fully saturated rings. The molecule has 0 saturated carbocycles. The van der Waals surface area contributed by atoms with E-state index in [1.165, 1.54) is 6.07 Å². The fourth-order valence-corrected chi connectivity index (χ4v) is 2.40. The number of carbonyl (C=O) groups is 1. The van der Waals surface area contributed by atoms with Gasteiger partial charge in [-0.05, 0) is 31.0 Å². The molecule has 1 rings (SSSR count). The number of carboxylic acids is 1. The normalized spacial score (nSPS) is 11.6. The fourth-order valence-electron chi connectivity index (χ4n) is 1.99. The Balaban J connectivity index is 2.67. The number of carboxylic acid groups (broad SMARTS) is 1. The molecule has 0 radical (unpaired) electrons. The van der Waals surface area contributed by atoms with Gasteiger partial charge in [-0.2, -0.15) is 0 Å². The zero-order chi connectivity index (χ0) is 14.5. The third-order valence-electron chi connectivity index (χ3n) is 3.59. The Morgan fingerprint density at radius 2 is 2.05 bits per heavy atom. The summed E-state index contributed by atoms with van der Waals surface area (Å²) < 4.78 is 14.3. The number of halogens is 2. The van der Waals surface area contributed by atoms with Gasteiger partial charge in [-0.1, -0.05) is 29.8 Å². The van der Waals surface area contributed by atoms with Crippen molar-refractivity contribution in [2.75, 3.05) is 6.54 Å². The van der Waals surface area contributed by atoms with Crippen molar-refractivity contribution in [1.29, 1.82) is 0 Å². The number of aliphatic carboxylic acids is 1. The zero-order valence-corrected chi connectivity index (χ0v) is 12.8. The second-order valence-corrected chi connectivity index (χ2v) is 5.55. The Morgan fingerprint density at radius 3 is 2.58 bits per heavy atom. The van der Waals surface area contributed by atoms with Crippen LogP contribution in [0.3, 0.4) is 0 Å². The molecule has 0 spiro atoms. The van der Waals surface area contributed by atoms with Gasteiger partial charge in [0.25, 0.3) is 0 Å². The van der Waals surface area contributed by atoms with Crippen molar-refractivity contribution < 1.29 is 14.3 Å². The Labute approximate surface area is 121 Å². The Hall–Kier alpha value is -0.940. The van der Waals surface area contributed by atoms with Crippen LogP contribution in [0.1, 0.15) is 32.3 Å². The molecule has 1 aromatic rings. The van der Waals surface area contributed by atoms with E-state index in [9.17, 15) is 14.3 Å². The second kappa shape index (κ2) is 7.01. The third kappa shape index (κ3) is 4.01. The maximum absolute atomic E-state index is 13.5. The maximum atomic E-state index is 13.5. The average Bonchev–Trinajstić information content (AvgIpc) is 2.38. The minimum absolute atomic E-state index is 0.287. The first-order valence-electron chi connectivity index (χ1n) is 6.33. The number of hydrogen-bond acceptors (Lipinski definition) is 2. The number of hydrogen-bond donors (Lipinski definition) is 2. The molecule has 106 valence electrons. The predicted molar refractivity (Wildman–Crippen MR) is 76.5 cm³/mol. The van der Waals surface area contributed by atoms with Crippen LogP contribution in [0.4, 0.5) is 4.39 Å². The van der Waals surface area contributed by atoms with Crippen LogP contribution in [-0.2, 0) is 11.3 Å². The molecule has 0 unspecified atom stereocenters. The SMILES string of the molecule is CCC(CC)(CNCc1cc(Br)ccc1F)C(=O)O. The molecule has 0 heterocycles. The van der Waals surface area contributed by atoms with E-state index in [1.807, 2.05) is 13.8 Å². The van der Waals surface area contributed by atoms with Crippen LogP contribution < -0.4 is 5.32 Å². The van der Waals surface area contributed by atoms with Gasteiger partial charge < -0.3 is 10.4 Å². The lowest BCUT2D eigenvalue weighted by atomic mass is 9.82. The van der Waals surface area contributed by atoms with Crippen molar-refractivity contribution >= 4 is 21.9 Å². The van der Waals surface area contributed by atoms with E-state index < -0.39 is 11.4 Å². The molecular formula is C14H19BrFNO2. The minimum Gasteiger partial charge on any atom is -0.481 e. The van der Waals surface area contributed by atoms with Gasteiger partial charge in [0.05, 0.1) is 5.41 Å². The topological polar surface area (TPSA) is 49.3 Å². The molecule has 19 heavy (non-hydrogen) atoms. The molecule has 1 aromatic carbocycles. The Kier molecular flexibility index (Phi) is 5.94. The first kappa shape index (κ1) is 16.1. The lowest BCUT2D eigenvalue weighted by Gasteiger charge is -2.27. The summed E-state index contributed by atoms with van der Waals surface area (Å²) in [5.41, 5.74) is -0.247. The summed E-state index contributed by atoms with van der Waals surface area (Å²) in [6, 6.07) is 4.73. The summed E-state index contributed by atoms with van der Waals surface area (Å²) in [6.45, 7) is 4.37. The van der Waals surface area contributed by atoms with Crippen molar-refractivity contribution in [3.8, 4) is 0 Å². The molecule has 0 atom stereocenters. The van der Waals surface area contributed by atoms with E-state index in [2.05, 4.69) is 21.2 Å². The van der Waals surface area contributed by atoms with E-state index in [-0.39, 0.29) is 5.82 Å². The minimum atomic E-state index is -0.806. The van der Waals surface area contributed by atoms with Crippen LogP contribution in [0.15, 0.2) is 22.7 Å². The predicted octanol–water partition coefficient (Wildman–Crippen LogP) is 3.57. The molecule has 0 aliphatic carbocycles. The van der Waals surface area contributed by atoms with Gasteiger partial charge in [0.2, 0.25) is 0 Å². The summed E-state index contributed by atoms with van der Waals surface area (Å²) in [5.74, 6) is -1.09. The average molecular weight is 332 g/mol. The van der Waals surface area contributed by atoms with Crippen LogP contribution in [0.25, 0.3) is 0 Å². The van der Waals surface area contributed by atoms with Gasteiger partial charge in [-0.3, -0.25) is 4.79 Å². The molecule has 0 aromatic heterocycles. The molecule has 5 heteroatoms. The molecule has 0 aliphatic rings. The van der Waals surface area contributed by atoms with Crippen LogP contribution >= 0.6 is 15.9 Å². The van der Waals surface area contributed by atoms with Gasteiger partial charge in [0.1, 0.15) is 5.82 Å². The largest absolute Gasteiger partial charge is 0.481 e. The number of rotatable bonds is 7. The molecular weight excluding hydrogens is 313 g/mol. The number of benzene rings is 1. The smallest absolute Gasteiger partial charge is 0.310 e. The fraction of sp³-hybridized carbons (Fsp3) is 0.500. The highest BCUT2D eigenvalue weighted by atomic mass is 79.9. The lowest BCUT2D eigenvalue weighted by molar-refractivity contribution is -0.149. The van der Waals surface area contributed by atoms with Crippen molar-refractivity contribution in [2.45, 2.75) is 33.2 Å². The molecule has 0 aliphatic heterocycles. The summed E-state index contributed by atoms with van der Waals surface area (Å²) in [5, 5.41) is 12.4. The molecule has 2 N–H and O–H groups in total. The van der Waals surface area contributed by atoms with Crippen molar-refractivity contribution in [1.82, 2.24) is 5.32 Å². The first-order valence-corrected chi connectivity index (χ1v) is 7.12. The van der Waals surface area contributed by atoms with Crippen LogP contribution in [0.2, 0.25) is 0 Å².